The summed E-state index contributed by atoms with van der Waals surface area (Å²) in [7, 11) is -0.628. The third-order valence-electron chi connectivity index (χ3n) is 3.99. The standard InChI is InChI=1S/C12H23NOS/c1-9-5-7-13-10-4-6-12(2,3)8-11(10)15(9)14/h9-11,13H,4-8H2,1-3H3. The zero-order valence-corrected chi connectivity index (χ0v) is 10.9. The molecule has 2 rings (SSSR count). The van der Waals surface area contributed by atoms with Gasteiger partial charge in [0.15, 0.2) is 0 Å². The van der Waals surface area contributed by atoms with Gasteiger partial charge >= 0.3 is 0 Å². The quantitative estimate of drug-likeness (QED) is 0.689. The molecule has 88 valence electrons. The van der Waals surface area contributed by atoms with Gasteiger partial charge in [-0.15, -0.1) is 0 Å². The molecule has 2 fully saturated rings. The van der Waals surface area contributed by atoms with Crippen LogP contribution in [0.4, 0.5) is 0 Å². The first-order valence-corrected chi connectivity index (χ1v) is 7.40. The van der Waals surface area contributed by atoms with Crippen LogP contribution in [0.1, 0.15) is 46.5 Å². The van der Waals surface area contributed by atoms with Gasteiger partial charge in [-0.1, -0.05) is 20.8 Å². The van der Waals surface area contributed by atoms with Crippen LogP contribution in [0.15, 0.2) is 0 Å². The first kappa shape index (κ1) is 11.6. The number of rotatable bonds is 0. The Labute approximate surface area is 95.7 Å². The fraction of sp³-hybridized carbons (Fsp3) is 1.00. The van der Waals surface area contributed by atoms with Gasteiger partial charge in [0.25, 0.3) is 0 Å². The van der Waals surface area contributed by atoms with Crippen LogP contribution in [0.3, 0.4) is 0 Å². The SMILES string of the molecule is CC1CCNC2CCC(C)(C)CC2S1=O. The van der Waals surface area contributed by atoms with Crippen molar-refractivity contribution in [3.05, 3.63) is 0 Å². The monoisotopic (exact) mass is 229 g/mol. The third-order valence-corrected chi connectivity index (χ3v) is 6.11. The van der Waals surface area contributed by atoms with E-state index in [4.69, 9.17) is 0 Å². The molecule has 1 N–H and O–H groups in total. The fourth-order valence-corrected chi connectivity index (χ4v) is 5.00. The summed E-state index contributed by atoms with van der Waals surface area (Å²) in [6.45, 7) is 7.82. The average Bonchev–Trinajstić information content (AvgIpc) is 2.29. The number of hydrogen-bond donors (Lipinski definition) is 1. The average molecular weight is 229 g/mol. The largest absolute Gasteiger partial charge is 0.313 e. The molecule has 0 aromatic rings. The number of nitrogens with one attached hydrogen (secondary N) is 1. The molecule has 2 nitrogen and oxygen atoms in total. The van der Waals surface area contributed by atoms with E-state index in [2.05, 4.69) is 26.1 Å². The van der Waals surface area contributed by atoms with E-state index < -0.39 is 10.8 Å². The molecule has 4 unspecified atom stereocenters. The Kier molecular flexibility index (Phi) is 3.22. The van der Waals surface area contributed by atoms with Crippen molar-refractivity contribution < 1.29 is 4.21 Å². The summed E-state index contributed by atoms with van der Waals surface area (Å²) in [6.07, 6.45) is 4.67. The Morgan fingerprint density at radius 3 is 2.80 bits per heavy atom. The Morgan fingerprint density at radius 1 is 1.33 bits per heavy atom. The molecule has 2 aliphatic rings. The van der Waals surface area contributed by atoms with Gasteiger partial charge in [-0.3, -0.25) is 4.21 Å². The molecule has 1 aliphatic heterocycles. The minimum atomic E-state index is -0.628. The van der Waals surface area contributed by atoms with E-state index in [9.17, 15) is 4.21 Å². The molecule has 1 aliphatic carbocycles. The lowest BCUT2D eigenvalue weighted by Crippen LogP contribution is -2.47. The van der Waals surface area contributed by atoms with Gasteiger partial charge in [0, 0.05) is 22.1 Å². The van der Waals surface area contributed by atoms with Gasteiger partial charge in [0.1, 0.15) is 0 Å². The van der Waals surface area contributed by atoms with Crippen LogP contribution in [0.5, 0.6) is 0 Å². The molecule has 1 saturated carbocycles. The van der Waals surface area contributed by atoms with Crippen molar-refractivity contribution in [1.82, 2.24) is 5.32 Å². The molecule has 1 saturated heterocycles. The summed E-state index contributed by atoms with van der Waals surface area (Å²) in [5.41, 5.74) is 0.391. The van der Waals surface area contributed by atoms with E-state index in [0.717, 1.165) is 19.4 Å². The molecule has 0 radical (unpaired) electrons. The highest BCUT2D eigenvalue weighted by molar-refractivity contribution is 7.86. The molecular weight excluding hydrogens is 206 g/mol. The fourth-order valence-electron chi connectivity index (χ4n) is 2.89. The summed E-state index contributed by atoms with van der Waals surface area (Å²) < 4.78 is 12.3. The first-order valence-electron chi connectivity index (χ1n) is 6.12. The van der Waals surface area contributed by atoms with Crippen LogP contribution in [0.25, 0.3) is 0 Å². The predicted molar refractivity (Wildman–Crippen MR) is 65.4 cm³/mol. The lowest BCUT2D eigenvalue weighted by atomic mass is 9.75. The van der Waals surface area contributed by atoms with E-state index in [1.807, 2.05) is 0 Å². The summed E-state index contributed by atoms with van der Waals surface area (Å²) in [4.78, 5) is 0. The summed E-state index contributed by atoms with van der Waals surface area (Å²) >= 11 is 0. The van der Waals surface area contributed by atoms with Crippen molar-refractivity contribution >= 4 is 10.8 Å². The Bertz CT molecular complexity index is 264. The molecule has 1 heterocycles. The van der Waals surface area contributed by atoms with Gasteiger partial charge < -0.3 is 5.32 Å². The maximum absolute atomic E-state index is 12.3. The molecule has 0 spiro atoms. The molecule has 0 aromatic carbocycles. The first-order chi connectivity index (χ1) is 6.99. The maximum Gasteiger partial charge on any atom is 0.0509 e. The van der Waals surface area contributed by atoms with Crippen LogP contribution in [0.2, 0.25) is 0 Å². The van der Waals surface area contributed by atoms with Gasteiger partial charge in [-0.25, -0.2) is 0 Å². The summed E-state index contributed by atoms with van der Waals surface area (Å²) in [5, 5.41) is 4.36. The van der Waals surface area contributed by atoms with Crippen LogP contribution in [0, 0.1) is 5.41 Å². The zero-order chi connectivity index (χ0) is 11.1. The Hall–Kier alpha value is 0.110. The third kappa shape index (κ3) is 2.44. The highest BCUT2D eigenvalue weighted by Gasteiger charge is 2.40. The van der Waals surface area contributed by atoms with E-state index in [1.54, 1.807) is 0 Å². The predicted octanol–water partition coefficient (Wildman–Crippen LogP) is 2.06. The van der Waals surface area contributed by atoms with Crippen LogP contribution < -0.4 is 5.32 Å². The molecular formula is C12H23NOS. The van der Waals surface area contributed by atoms with Crippen molar-refractivity contribution in [2.75, 3.05) is 6.54 Å². The highest BCUT2D eigenvalue weighted by atomic mass is 32.2. The van der Waals surface area contributed by atoms with Crippen molar-refractivity contribution in [1.29, 1.82) is 0 Å². The van der Waals surface area contributed by atoms with E-state index in [1.165, 1.54) is 12.8 Å². The molecule has 0 aromatic heterocycles. The van der Waals surface area contributed by atoms with E-state index in [-0.39, 0.29) is 0 Å². The highest BCUT2D eigenvalue weighted by Crippen LogP contribution is 2.39. The molecule has 15 heavy (non-hydrogen) atoms. The molecule has 3 heteroatoms. The summed E-state index contributed by atoms with van der Waals surface area (Å²) in [6, 6.07) is 0.517. The van der Waals surface area contributed by atoms with Gasteiger partial charge in [-0.2, -0.15) is 0 Å². The Balaban J connectivity index is 2.16. The molecule has 0 bridgehead atoms. The van der Waals surface area contributed by atoms with E-state index in [0.29, 0.717) is 22.0 Å². The lowest BCUT2D eigenvalue weighted by Gasteiger charge is -2.40. The summed E-state index contributed by atoms with van der Waals surface area (Å²) in [5.74, 6) is 0. The van der Waals surface area contributed by atoms with Gasteiger partial charge in [-0.05, 0) is 37.6 Å². The molecule has 0 amide bonds. The second-order valence-electron chi connectivity index (χ2n) is 5.93. The second-order valence-corrected chi connectivity index (χ2v) is 8.00. The minimum absolute atomic E-state index is 0.376. The van der Waals surface area contributed by atoms with Crippen molar-refractivity contribution in [2.45, 2.75) is 63.0 Å². The van der Waals surface area contributed by atoms with Gasteiger partial charge in [0.2, 0.25) is 0 Å². The zero-order valence-electron chi connectivity index (χ0n) is 10.1. The normalized spacial score (nSPS) is 45.5. The van der Waals surface area contributed by atoms with E-state index >= 15 is 0 Å². The second kappa shape index (κ2) is 4.17. The smallest absolute Gasteiger partial charge is 0.0509 e. The minimum Gasteiger partial charge on any atom is -0.313 e. The van der Waals surface area contributed by atoms with Gasteiger partial charge in [0.05, 0.1) is 5.25 Å². The maximum atomic E-state index is 12.3. The van der Waals surface area contributed by atoms with Crippen LogP contribution in [-0.4, -0.2) is 27.3 Å². The lowest BCUT2D eigenvalue weighted by molar-refractivity contribution is 0.214. The van der Waals surface area contributed by atoms with Crippen molar-refractivity contribution in [2.24, 2.45) is 5.41 Å². The Morgan fingerprint density at radius 2 is 2.07 bits per heavy atom. The van der Waals surface area contributed by atoms with Crippen LogP contribution in [-0.2, 0) is 10.8 Å². The van der Waals surface area contributed by atoms with Crippen molar-refractivity contribution in [3.8, 4) is 0 Å². The number of hydrogen-bond acceptors (Lipinski definition) is 2. The topological polar surface area (TPSA) is 29.1 Å². The van der Waals surface area contributed by atoms with Crippen LogP contribution >= 0.6 is 0 Å². The van der Waals surface area contributed by atoms with Crippen molar-refractivity contribution in [3.63, 3.8) is 0 Å². The number of fused-ring (bicyclic) bond motifs is 1. The molecule has 4 atom stereocenters.